The molecule has 6 heteroatoms. The predicted octanol–water partition coefficient (Wildman–Crippen LogP) is 3.51. The van der Waals surface area contributed by atoms with Gasteiger partial charge in [-0.05, 0) is 35.9 Å². The third kappa shape index (κ3) is 3.52. The number of amides is 1. The van der Waals surface area contributed by atoms with E-state index >= 15 is 0 Å². The number of nitrogens with zero attached hydrogens (tertiary/aromatic N) is 1. The van der Waals surface area contributed by atoms with Crippen molar-refractivity contribution in [2.24, 2.45) is 0 Å². The van der Waals surface area contributed by atoms with Crippen molar-refractivity contribution >= 4 is 23.2 Å². The van der Waals surface area contributed by atoms with Crippen LogP contribution in [0, 0.1) is 0 Å². The molecule has 0 unspecified atom stereocenters. The minimum atomic E-state index is -0.198. The zero-order valence-corrected chi connectivity index (χ0v) is 12.9. The zero-order valence-electron chi connectivity index (χ0n) is 12.1. The average Bonchev–Trinajstić information content (AvgIpc) is 3.08. The number of aromatic nitrogens is 1. The van der Waals surface area contributed by atoms with E-state index in [-0.39, 0.29) is 5.91 Å². The SMILES string of the molecule is Nc1cc(C(=O)NCc2ccc(Cl)cc2)ccc1-c1cnco1. The predicted molar refractivity (Wildman–Crippen MR) is 89.0 cm³/mol. The van der Waals surface area contributed by atoms with E-state index in [9.17, 15) is 4.79 Å². The first-order chi connectivity index (χ1) is 11.1. The fraction of sp³-hybridized carbons (Fsp3) is 0.0588. The first kappa shape index (κ1) is 15.1. The Morgan fingerprint density at radius 3 is 2.65 bits per heavy atom. The first-order valence-electron chi connectivity index (χ1n) is 6.94. The summed E-state index contributed by atoms with van der Waals surface area (Å²) in [6.07, 6.45) is 2.91. The van der Waals surface area contributed by atoms with Gasteiger partial charge in [0.05, 0.1) is 6.20 Å². The van der Waals surface area contributed by atoms with E-state index < -0.39 is 0 Å². The molecule has 3 rings (SSSR count). The van der Waals surface area contributed by atoms with Crippen LogP contribution in [0.25, 0.3) is 11.3 Å². The molecule has 3 N–H and O–H groups in total. The fourth-order valence-electron chi connectivity index (χ4n) is 2.16. The van der Waals surface area contributed by atoms with Crippen LogP contribution in [0.4, 0.5) is 5.69 Å². The van der Waals surface area contributed by atoms with Gasteiger partial charge >= 0.3 is 0 Å². The molecule has 0 fully saturated rings. The number of carbonyl (C=O) groups is 1. The lowest BCUT2D eigenvalue weighted by molar-refractivity contribution is 0.0951. The Balaban J connectivity index is 1.70. The number of nitrogens with two attached hydrogens (primary N) is 1. The van der Waals surface area contributed by atoms with Crippen molar-refractivity contribution in [1.82, 2.24) is 10.3 Å². The molecule has 3 aromatic rings. The van der Waals surface area contributed by atoms with Gasteiger partial charge in [-0.25, -0.2) is 4.98 Å². The molecule has 2 aromatic carbocycles. The summed E-state index contributed by atoms with van der Waals surface area (Å²) in [6, 6.07) is 12.4. The quantitative estimate of drug-likeness (QED) is 0.718. The zero-order chi connectivity index (χ0) is 16.2. The summed E-state index contributed by atoms with van der Waals surface area (Å²) in [5, 5.41) is 3.51. The lowest BCUT2D eigenvalue weighted by atomic mass is 10.1. The maximum Gasteiger partial charge on any atom is 0.251 e. The molecule has 0 saturated heterocycles. The minimum absolute atomic E-state index is 0.198. The lowest BCUT2D eigenvalue weighted by Gasteiger charge is -2.08. The third-order valence-corrected chi connectivity index (χ3v) is 3.63. The van der Waals surface area contributed by atoms with Crippen molar-refractivity contribution < 1.29 is 9.21 Å². The Morgan fingerprint density at radius 2 is 2.00 bits per heavy atom. The highest BCUT2D eigenvalue weighted by molar-refractivity contribution is 6.30. The van der Waals surface area contributed by atoms with Gasteiger partial charge in [0.2, 0.25) is 0 Å². The van der Waals surface area contributed by atoms with Crippen molar-refractivity contribution in [2.45, 2.75) is 6.54 Å². The van der Waals surface area contributed by atoms with Crippen LogP contribution in [0.15, 0.2) is 59.5 Å². The monoisotopic (exact) mass is 327 g/mol. The molecule has 23 heavy (non-hydrogen) atoms. The van der Waals surface area contributed by atoms with Crippen LogP contribution in [0.2, 0.25) is 5.02 Å². The molecule has 0 saturated carbocycles. The molecule has 0 radical (unpaired) electrons. The maximum atomic E-state index is 12.2. The van der Waals surface area contributed by atoms with Crippen LogP contribution < -0.4 is 11.1 Å². The Bertz CT molecular complexity index is 814. The molecule has 0 spiro atoms. The van der Waals surface area contributed by atoms with Crippen molar-refractivity contribution in [2.75, 3.05) is 5.73 Å². The Labute approximate surface area is 138 Å². The molecule has 0 atom stereocenters. The summed E-state index contributed by atoms with van der Waals surface area (Å²) in [6.45, 7) is 0.416. The normalized spacial score (nSPS) is 10.5. The average molecular weight is 328 g/mol. The summed E-state index contributed by atoms with van der Waals surface area (Å²) in [5.74, 6) is 0.367. The van der Waals surface area contributed by atoms with Gasteiger partial charge in [0.1, 0.15) is 0 Å². The Hall–Kier alpha value is -2.79. The molecule has 5 nitrogen and oxygen atoms in total. The number of hydrogen-bond acceptors (Lipinski definition) is 4. The van der Waals surface area contributed by atoms with Crippen molar-refractivity contribution in [3.8, 4) is 11.3 Å². The smallest absolute Gasteiger partial charge is 0.251 e. The summed E-state index contributed by atoms with van der Waals surface area (Å²) in [5.41, 5.74) is 8.61. The van der Waals surface area contributed by atoms with Crippen LogP contribution in [-0.2, 0) is 6.54 Å². The van der Waals surface area contributed by atoms with Gasteiger partial charge in [0, 0.05) is 28.4 Å². The van der Waals surface area contributed by atoms with Gasteiger partial charge in [0.15, 0.2) is 12.2 Å². The summed E-state index contributed by atoms with van der Waals surface area (Å²) in [4.78, 5) is 16.1. The van der Waals surface area contributed by atoms with E-state index in [0.717, 1.165) is 5.56 Å². The highest BCUT2D eigenvalue weighted by Crippen LogP contribution is 2.26. The minimum Gasteiger partial charge on any atom is -0.443 e. The molecular weight excluding hydrogens is 314 g/mol. The molecule has 0 bridgehead atoms. The number of benzene rings is 2. The first-order valence-corrected chi connectivity index (χ1v) is 7.32. The number of carbonyl (C=O) groups excluding carboxylic acids is 1. The number of oxazole rings is 1. The number of anilines is 1. The van der Waals surface area contributed by atoms with Crippen molar-refractivity contribution in [1.29, 1.82) is 0 Å². The summed E-state index contributed by atoms with van der Waals surface area (Å²) < 4.78 is 5.21. The van der Waals surface area contributed by atoms with Crippen LogP contribution >= 0.6 is 11.6 Å². The van der Waals surface area contributed by atoms with Crippen LogP contribution in [0.5, 0.6) is 0 Å². The maximum absolute atomic E-state index is 12.2. The van der Waals surface area contributed by atoms with Crippen LogP contribution in [-0.4, -0.2) is 10.9 Å². The van der Waals surface area contributed by atoms with Gasteiger partial charge in [-0.3, -0.25) is 4.79 Å². The lowest BCUT2D eigenvalue weighted by Crippen LogP contribution is -2.22. The molecule has 0 aliphatic heterocycles. The van der Waals surface area contributed by atoms with E-state index in [2.05, 4.69) is 10.3 Å². The van der Waals surface area contributed by atoms with Gasteiger partial charge in [0.25, 0.3) is 5.91 Å². The largest absolute Gasteiger partial charge is 0.443 e. The fourth-order valence-corrected chi connectivity index (χ4v) is 2.29. The molecule has 1 aromatic heterocycles. The second kappa shape index (κ2) is 6.54. The van der Waals surface area contributed by atoms with Gasteiger partial charge < -0.3 is 15.5 Å². The van der Waals surface area contributed by atoms with Crippen LogP contribution in [0.3, 0.4) is 0 Å². The van der Waals surface area contributed by atoms with E-state index in [0.29, 0.717) is 34.1 Å². The number of nitrogen functional groups attached to an aromatic ring is 1. The van der Waals surface area contributed by atoms with Gasteiger partial charge in [-0.2, -0.15) is 0 Å². The number of rotatable bonds is 4. The molecule has 0 aliphatic carbocycles. The molecule has 1 amide bonds. The summed E-state index contributed by atoms with van der Waals surface area (Å²) >= 11 is 5.83. The van der Waals surface area contributed by atoms with Crippen LogP contribution in [0.1, 0.15) is 15.9 Å². The number of halogens is 1. The van der Waals surface area contributed by atoms with Crippen molar-refractivity contribution in [3.63, 3.8) is 0 Å². The van der Waals surface area contributed by atoms with E-state index in [1.165, 1.54) is 6.39 Å². The number of hydrogen-bond donors (Lipinski definition) is 2. The third-order valence-electron chi connectivity index (χ3n) is 3.38. The molecular formula is C17H14ClN3O2. The Morgan fingerprint density at radius 1 is 1.22 bits per heavy atom. The highest BCUT2D eigenvalue weighted by Gasteiger charge is 2.11. The van der Waals surface area contributed by atoms with E-state index in [1.807, 2.05) is 12.1 Å². The van der Waals surface area contributed by atoms with Gasteiger partial charge in [-0.15, -0.1) is 0 Å². The highest BCUT2D eigenvalue weighted by atomic mass is 35.5. The second-order valence-corrected chi connectivity index (χ2v) is 5.41. The topological polar surface area (TPSA) is 81.2 Å². The summed E-state index contributed by atoms with van der Waals surface area (Å²) in [7, 11) is 0. The van der Waals surface area contributed by atoms with E-state index in [4.69, 9.17) is 21.8 Å². The standard InChI is InChI=1S/C17H14ClN3O2/c18-13-4-1-11(2-5-13)8-21-17(22)12-3-6-14(15(19)7-12)16-9-20-10-23-16/h1-7,9-10H,8,19H2,(H,21,22). The molecule has 0 aliphatic rings. The molecule has 1 heterocycles. The van der Waals surface area contributed by atoms with Crippen molar-refractivity contribution in [3.05, 3.63) is 71.2 Å². The Kier molecular flexibility index (Phi) is 4.30. The van der Waals surface area contributed by atoms with E-state index in [1.54, 1.807) is 36.5 Å². The van der Waals surface area contributed by atoms with Gasteiger partial charge in [-0.1, -0.05) is 23.7 Å². The molecule has 116 valence electrons. The second-order valence-electron chi connectivity index (χ2n) is 4.98. The number of nitrogens with one attached hydrogen (secondary N) is 1.